The lowest BCUT2D eigenvalue weighted by molar-refractivity contribution is 0.0745. The van der Waals surface area contributed by atoms with E-state index < -0.39 is 0 Å². The Balaban J connectivity index is 1.24. The SMILES string of the molecule is Cc1cc(N2CCN(C(=O)c3ccnc(OCc4ccccc4)c3)CC2)n2ncnc2n1. The van der Waals surface area contributed by atoms with Crippen LogP contribution in [0.4, 0.5) is 5.82 Å². The number of aryl methyl sites for hydroxylation is 1. The number of ether oxygens (including phenoxy) is 1. The molecule has 0 N–H and O–H groups in total. The highest BCUT2D eigenvalue weighted by molar-refractivity contribution is 5.94. The normalized spacial score (nSPS) is 14.0. The summed E-state index contributed by atoms with van der Waals surface area (Å²) < 4.78 is 7.52. The van der Waals surface area contributed by atoms with Crippen LogP contribution < -0.4 is 9.64 Å². The molecule has 0 atom stereocenters. The number of fused-ring (bicyclic) bond motifs is 1. The Morgan fingerprint density at radius 3 is 2.66 bits per heavy atom. The number of carbonyl (C=O) groups excluding carboxylic acids is 1. The van der Waals surface area contributed by atoms with E-state index in [1.807, 2.05) is 48.2 Å². The summed E-state index contributed by atoms with van der Waals surface area (Å²) in [6.45, 7) is 4.97. The first-order valence-electron chi connectivity index (χ1n) is 10.5. The number of hydrogen-bond donors (Lipinski definition) is 0. The second kappa shape index (κ2) is 8.62. The molecule has 4 heterocycles. The monoisotopic (exact) mass is 429 g/mol. The zero-order valence-electron chi connectivity index (χ0n) is 17.8. The molecular formula is C23H23N7O2. The Bertz CT molecular complexity index is 1230. The Morgan fingerprint density at radius 1 is 1.03 bits per heavy atom. The van der Waals surface area contributed by atoms with Crippen molar-refractivity contribution < 1.29 is 9.53 Å². The van der Waals surface area contributed by atoms with Crippen molar-refractivity contribution in [2.75, 3.05) is 31.1 Å². The summed E-state index contributed by atoms with van der Waals surface area (Å²) in [5, 5.41) is 4.29. The van der Waals surface area contributed by atoms with Gasteiger partial charge in [-0.05, 0) is 18.6 Å². The first kappa shape index (κ1) is 19.9. The topological polar surface area (TPSA) is 88.8 Å². The second-order valence-electron chi connectivity index (χ2n) is 7.66. The van der Waals surface area contributed by atoms with E-state index in [2.05, 4.69) is 25.0 Å². The lowest BCUT2D eigenvalue weighted by atomic mass is 10.2. The number of anilines is 1. The molecule has 162 valence electrons. The highest BCUT2D eigenvalue weighted by Crippen LogP contribution is 2.20. The molecule has 3 aromatic heterocycles. The smallest absolute Gasteiger partial charge is 0.254 e. The standard InChI is InChI=1S/C23H23N7O2/c1-17-13-21(30-23(27-17)25-16-26-30)28-9-11-29(12-10-28)22(31)19-7-8-24-20(14-19)32-15-18-5-3-2-4-6-18/h2-8,13-14,16H,9-12,15H2,1H3. The van der Waals surface area contributed by atoms with Crippen molar-refractivity contribution in [3.05, 3.63) is 77.9 Å². The van der Waals surface area contributed by atoms with Gasteiger partial charge in [0.1, 0.15) is 18.8 Å². The minimum atomic E-state index is -0.0200. The number of piperazine rings is 1. The van der Waals surface area contributed by atoms with Crippen LogP contribution in [0.1, 0.15) is 21.6 Å². The molecule has 9 nitrogen and oxygen atoms in total. The molecule has 0 spiro atoms. The molecule has 0 aliphatic carbocycles. The van der Waals surface area contributed by atoms with Gasteiger partial charge in [-0.1, -0.05) is 30.3 Å². The van der Waals surface area contributed by atoms with E-state index in [0.29, 0.717) is 50.0 Å². The largest absolute Gasteiger partial charge is 0.473 e. The lowest BCUT2D eigenvalue weighted by Gasteiger charge is -2.36. The second-order valence-corrected chi connectivity index (χ2v) is 7.66. The quantitative estimate of drug-likeness (QED) is 0.481. The van der Waals surface area contributed by atoms with Gasteiger partial charge in [0, 0.05) is 55.8 Å². The van der Waals surface area contributed by atoms with Gasteiger partial charge in [0.25, 0.3) is 11.7 Å². The predicted octanol–water partition coefficient (Wildman–Crippen LogP) is 2.37. The molecule has 1 fully saturated rings. The molecule has 1 aliphatic heterocycles. The number of aromatic nitrogens is 5. The molecule has 0 saturated carbocycles. The molecule has 1 saturated heterocycles. The summed E-state index contributed by atoms with van der Waals surface area (Å²) in [5.41, 5.74) is 2.52. The molecule has 1 aliphatic rings. The third-order valence-electron chi connectivity index (χ3n) is 5.46. The van der Waals surface area contributed by atoms with Gasteiger partial charge in [0.05, 0.1) is 0 Å². The summed E-state index contributed by atoms with van der Waals surface area (Å²) in [4.78, 5) is 30.0. The van der Waals surface area contributed by atoms with E-state index in [9.17, 15) is 4.79 Å². The molecule has 4 aromatic rings. The first-order valence-corrected chi connectivity index (χ1v) is 10.5. The van der Waals surface area contributed by atoms with Crippen LogP contribution in [0.3, 0.4) is 0 Å². The first-order chi connectivity index (χ1) is 15.7. The summed E-state index contributed by atoms with van der Waals surface area (Å²) in [6, 6.07) is 15.3. The van der Waals surface area contributed by atoms with E-state index in [1.165, 1.54) is 6.33 Å². The van der Waals surface area contributed by atoms with Gasteiger partial charge in [-0.15, -0.1) is 0 Å². The van der Waals surface area contributed by atoms with Crippen molar-refractivity contribution in [2.45, 2.75) is 13.5 Å². The molecule has 1 amide bonds. The van der Waals surface area contributed by atoms with Gasteiger partial charge < -0.3 is 14.5 Å². The Labute approximate surface area is 185 Å². The third kappa shape index (κ3) is 4.09. The fourth-order valence-corrected chi connectivity index (χ4v) is 3.81. The minimum Gasteiger partial charge on any atom is -0.473 e. The lowest BCUT2D eigenvalue weighted by Crippen LogP contribution is -2.49. The molecule has 0 bridgehead atoms. The van der Waals surface area contributed by atoms with E-state index in [-0.39, 0.29) is 5.91 Å². The summed E-state index contributed by atoms with van der Waals surface area (Å²) in [7, 11) is 0. The van der Waals surface area contributed by atoms with Gasteiger partial charge >= 0.3 is 0 Å². The number of amides is 1. The van der Waals surface area contributed by atoms with Crippen LogP contribution in [0, 0.1) is 6.92 Å². The average Bonchev–Trinajstić information content (AvgIpc) is 3.31. The number of hydrogen-bond acceptors (Lipinski definition) is 7. The number of carbonyl (C=O) groups is 1. The van der Waals surface area contributed by atoms with Crippen LogP contribution in [0.15, 0.2) is 61.1 Å². The van der Waals surface area contributed by atoms with Gasteiger partial charge in [0.2, 0.25) is 5.88 Å². The van der Waals surface area contributed by atoms with E-state index >= 15 is 0 Å². The third-order valence-corrected chi connectivity index (χ3v) is 5.46. The number of benzene rings is 1. The van der Waals surface area contributed by atoms with Gasteiger partial charge in [-0.2, -0.15) is 14.6 Å². The predicted molar refractivity (Wildman–Crippen MR) is 119 cm³/mol. The van der Waals surface area contributed by atoms with E-state index in [0.717, 1.165) is 17.1 Å². The summed E-state index contributed by atoms with van der Waals surface area (Å²) in [6.07, 6.45) is 3.12. The minimum absolute atomic E-state index is 0.0200. The highest BCUT2D eigenvalue weighted by atomic mass is 16.5. The van der Waals surface area contributed by atoms with Gasteiger partial charge in [0.15, 0.2) is 0 Å². The molecule has 5 rings (SSSR count). The van der Waals surface area contributed by atoms with Crippen molar-refractivity contribution in [2.24, 2.45) is 0 Å². The van der Waals surface area contributed by atoms with Crippen LogP contribution >= 0.6 is 0 Å². The van der Waals surface area contributed by atoms with E-state index in [1.54, 1.807) is 22.8 Å². The fourth-order valence-electron chi connectivity index (χ4n) is 3.81. The van der Waals surface area contributed by atoms with Crippen LogP contribution in [0.2, 0.25) is 0 Å². The number of nitrogens with zero attached hydrogens (tertiary/aromatic N) is 7. The van der Waals surface area contributed by atoms with E-state index in [4.69, 9.17) is 4.74 Å². The molecule has 32 heavy (non-hydrogen) atoms. The molecule has 0 unspecified atom stereocenters. The zero-order valence-corrected chi connectivity index (χ0v) is 17.8. The summed E-state index contributed by atoms with van der Waals surface area (Å²) >= 11 is 0. The van der Waals surface area contributed by atoms with Crippen molar-refractivity contribution in [1.29, 1.82) is 0 Å². The summed E-state index contributed by atoms with van der Waals surface area (Å²) in [5.74, 6) is 1.95. The van der Waals surface area contributed by atoms with Crippen molar-refractivity contribution >= 4 is 17.5 Å². The van der Waals surface area contributed by atoms with Crippen LogP contribution in [0.25, 0.3) is 5.78 Å². The highest BCUT2D eigenvalue weighted by Gasteiger charge is 2.24. The Hall–Kier alpha value is -4.01. The maximum Gasteiger partial charge on any atom is 0.254 e. The van der Waals surface area contributed by atoms with Crippen molar-refractivity contribution in [3.63, 3.8) is 0 Å². The Kier molecular flexibility index (Phi) is 5.37. The molecule has 1 aromatic carbocycles. The zero-order chi connectivity index (χ0) is 21.9. The fraction of sp³-hybridized carbons (Fsp3) is 0.261. The number of pyridine rings is 1. The van der Waals surface area contributed by atoms with Crippen LogP contribution in [0.5, 0.6) is 5.88 Å². The van der Waals surface area contributed by atoms with Gasteiger partial charge in [-0.3, -0.25) is 4.79 Å². The Morgan fingerprint density at radius 2 is 1.84 bits per heavy atom. The maximum atomic E-state index is 13.1. The average molecular weight is 429 g/mol. The molecular weight excluding hydrogens is 406 g/mol. The molecule has 9 heteroatoms. The van der Waals surface area contributed by atoms with Crippen LogP contribution in [-0.4, -0.2) is 61.6 Å². The van der Waals surface area contributed by atoms with Crippen LogP contribution in [-0.2, 0) is 6.61 Å². The maximum absolute atomic E-state index is 13.1. The van der Waals surface area contributed by atoms with Gasteiger partial charge in [-0.25, -0.2) is 9.97 Å². The molecule has 0 radical (unpaired) electrons. The number of rotatable bonds is 5. The van der Waals surface area contributed by atoms with Crippen molar-refractivity contribution in [1.82, 2.24) is 29.5 Å². The van der Waals surface area contributed by atoms with Crippen molar-refractivity contribution in [3.8, 4) is 5.88 Å².